The first-order valence-corrected chi connectivity index (χ1v) is 7.63. The van der Waals surface area contributed by atoms with Gasteiger partial charge in [0.05, 0.1) is 0 Å². The average Bonchev–Trinajstić information content (AvgIpc) is 2.87. The molecule has 1 saturated carbocycles. The molecule has 1 aromatic rings. The summed E-state index contributed by atoms with van der Waals surface area (Å²) in [5, 5.41) is 5.23. The topological polar surface area (TPSA) is 12.0 Å². The van der Waals surface area contributed by atoms with E-state index in [1.54, 1.807) is 0 Å². The van der Waals surface area contributed by atoms with Gasteiger partial charge in [-0.05, 0) is 55.5 Å². The summed E-state index contributed by atoms with van der Waals surface area (Å²) in [6.45, 7) is 3.18. The number of halogens is 2. The fourth-order valence-electron chi connectivity index (χ4n) is 2.96. The highest BCUT2D eigenvalue weighted by atomic mass is 35.5. The van der Waals surface area contributed by atoms with Crippen molar-refractivity contribution in [3.8, 4) is 0 Å². The van der Waals surface area contributed by atoms with E-state index in [0.29, 0.717) is 6.04 Å². The standard InChI is InChI=1S/C15H21Cl2N/c1-2-18-15(11-5-3-4-6-11)10-12-9-13(16)7-8-14(12)17/h7-9,11,15,18H,2-6,10H2,1H3. The van der Waals surface area contributed by atoms with Crippen molar-refractivity contribution in [2.75, 3.05) is 6.54 Å². The maximum atomic E-state index is 6.26. The number of benzene rings is 1. The molecule has 0 aliphatic heterocycles. The zero-order chi connectivity index (χ0) is 13.0. The second kappa shape index (κ2) is 6.79. The highest BCUT2D eigenvalue weighted by molar-refractivity contribution is 6.33. The molecule has 1 unspecified atom stereocenters. The molecule has 0 saturated heterocycles. The molecule has 0 amide bonds. The molecule has 3 heteroatoms. The molecule has 0 spiro atoms. The van der Waals surface area contributed by atoms with Crippen LogP contribution in [-0.4, -0.2) is 12.6 Å². The molecule has 1 atom stereocenters. The first-order chi connectivity index (χ1) is 8.70. The normalized spacial score (nSPS) is 18.2. The van der Waals surface area contributed by atoms with Crippen LogP contribution >= 0.6 is 23.2 Å². The molecule has 1 fully saturated rings. The van der Waals surface area contributed by atoms with E-state index in [0.717, 1.165) is 28.9 Å². The van der Waals surface area contributed by atoms with Crippen molar-refractivity contribution >= 4 is 23.2 Å². The molecule has 0 bridgehead atoms. The van der Waals surface area contributed by atoms with E-state index in [1.807, 2.05) is 18.2 Å². The smallest absolute Gasteiger partial charge is 0.0439 e. The van der Waals surface area contributed by atoms with Gasteiger partial charge in [0.1, 0.15) is 0 Å². The predicted octanol–water partition coefficient (Wildman–Crippen LogP) is 4.70. The van der Waals surface area contributed by atoms with Crippen molar-refractivity contribution < 1.29 is 0 Å². The number of hydrogen-bond acceptors (Lipinski definition) is 1. The lowest BCUT2D eigenvalue weighted by Gasteiger charge is -2.25. The Hall–Kier alpha value is -0.240. The highest BCUT2D eigenvalue weighted by Gasteiger charge is 2.25. The van der Waals surface area contributed by atoms with E-state index in [4.69, 9.17) is 23.2 Å². The van der Waals surface area contributed by atoms with Crippen LogP contribution in [0.25, 0.3) is 0 Å². The van der Waals surface area contributed by atoms with Gasteiger partial charge in [0.15, 0.2) is 0 Å². The number of hydrogen-bond donors (Lipinski definition) is 1. The lowest BCUT2D eigenvalue weighted by atomic mass is 9.92. The minimum absolute atomic E-state index is 0.536. The van der Waals surface area contributed by atoms with Crippen LogP contribution < -0.4 is 5.32 Å². The molecule has 1 aliphatic carbocycles. The van der Waals surface area contributed by atoms with Gasteiger partial charge in [-0.2, -0.15) is 0 Å². The van der Waals surface area contributed by atoms with E-state index in [9.17, 15) is 0 Å². The van der Waals surface area contributed by atoms with E-state index < -0.39 is 0 Å². The first kappa shape index (κ1) is 14.2. The van der Waals surface area contributed by atoms with Crippen LogP contribution in [0.5, 0.6) is 0 Å². The summed E-state index contributed by atoms with van der Waals surface area (Å²) < 4.78 is 0. The molecule has 1 aliphatic rings. The molecule has 0 aromatic heterocycles. The molecular weight excluding hydrogens is 265 g/mol. The van der Waals surface area contributed by atoms with Crippen molar-refractivity contribution in [1.29, 1.82) is 0 Å². The zero-order valence-corrected chi connectivity index (χ0v) is 12.4. The van der Waals surface area contributed by atoms with E-state index in [2.05, 4.69) is 12.2 Å². The Morgan fingerprint density at radius 3 is 2.67 bits per heavy atom. The number of rotatable bonds is 5. The monoisotopic (exact) mass is 285 g/mol. The third-order valence-corrected chi connectivity index (χ3v) is 4.49. The molecule has 18 heavy (non-hydrogen) atoms. The summed E-state index contributed by atoms with van der Waals surface area (Å²) in [6.07, 6.45) is 6.41. The van der Waals surface area contributed by atoms with E-state index >= 15 is 0 Å². The van der Waals surface area contributed by atoms with Crippen LogP contribution in [-0.2, 0) is 6.42 Å². The SMILES string of the molecule is CCNC(Cc1cc(Cl)ccc1Cl)C1CCCC1. The van der Waals surface area contributed by atoms with E-state index in [-0.39, 0.29) is 0 Å². The summed E-state index contributed by atoms with van der Waals surface area (Å²) in [4.78, 5) is 0. The Labute approximate surface area is 120 Å². The molecule has 0 heterocycles. The quantitative estimate of drug-likeness (QED) is 0.827. The third kappa shape index (κ3) is 3.63. The Morgan fingerprint density at radius 2 is 2.00 bits per heavy atom. The Kier molecular flexibility index (Phi) is 5.35. The fraction of sp³-hybridized carbons (Fsp3) is 0.600. The first-order valence-electron chi connectivity index (χ1n) is 6.88. The highest BCUT2D eigenvalue weighted by Crippen LogP contribution is 2.31. The molecular formula is C15H21Cl2N. The molecule has 0 radical (unpaired) electrons. The summed E-state index contributed by atoms with van der Waals surface area (Å²) in [5.74, 6) is 0.792. The Morgan fingerprint density at radius 1 is 1.28 bits per heavy atom. The van der Waals surface area contributed by atoms with E-state index in [1.165, 1.54) is 31.2 Å². The van der Waals surface area contributed by atoms with Gasteiger partial charge in [-0.25, -0.2) is 0 Å². The van der Waals surface area contributed by atoms with Crippen LogP contribution in [0.2, 0.25) is 10.0 Å². The van der Waals surface area contributed by atoms with Crippen molar-refractivity contribution in [3.05, 3.63) is 33.8 Å². The summed E-state index contributed by atoms with van der Waals surface area (Å²) in [6, 6.07) is 6.29. The van der Waals surface area contributed by atoms with Crippen molar-refractivity contribution in [3.63, 3.8) is 0 Å². The van der Waals surface area contributed by atoms with Crippen molar-refractivity contribution in [2.24, 2.45) is 5.92 Å². The van der Waals surface area contributed by atoms with Gasteiger partial charge < -0.3 is 5.32 Å². The largest absolute Gasteiger partial charge is 0.314 e. The zero-order valence-electron chi connectivity index (χ0n) is 10.9. The molecule has 100 valence electrons. The lowest BCUT2D eigenvalue weighted by molar-refractivity contribution is 0.362. The summed E-state index contributed by atoms with van der Waals surface area (Å²) >= 11 is 12.3. The van der Waals surface area contributed by atoms with Crippen LogP contribution in [0.4, 0.5) is 0 Å². The Bertz CT molecular complexity index is 386. The number of nitrogens with one attached hydrogen (secondary N) is 1. The molecule has 2 rings (SSSR count). The number of likely N-dealkylation sites (N-methyl/N-ethyl adjacent to an activating group) is 1. The van der Waals surface area contributed by atoms with Crippen LogP contribution in [0.15, 0.2) is 18.2 Å². The summed E-state index contributed by atoms with van der Waals surface area (Å²) in [7, 11) is 0. The molecule has 1 nitrogen and oxygen atoms in total. The second-order valence-corrected chi connectivity index (χ2v) is 5.99. The van der Waals surface area contributed by atoms with Gasteiger partial charge in [0.2, 0.25) is 0 Å². The van der Waals surface area contributed by atoms with Gasteiger partial charge in [-0.15, -0.1) is 0 Å². The van der Waals surface area contributed by atoms with Crippen molar-refractivity contribution in [1.82, 2.24) is 5.32 Å². The van der Waals surface area contributed by atoms with Crippen LogP contribution in [0.3, 0.4) is 0 Å². The molecule has 1 N–H and O–H groups in total. The fourth-order valence-corrected chi connectivity index (χ4v) is 3.35. The Balaban J connectivity index is 2.09. The van der Waals surface area contributed by atoms with Crippen LogP contribution in [0.1, 0.15) is 38.2 Å². The average molecular weight is 286 g/mol. The maximum absolute atomic E-state index is 6.26. The van der Waals surface area contributed by atoms with Gasteiger partial charge in [0.25, 0.3) is 0 Å². The minimum Gasteiger partial charge on any atom is -0.314 e. The van der Waals surface area contributed by atoms with Crippen LogP contribution in [0, 0.1) is 5.92 Å². The van der Waals surface area contributed by atoms with Gasteiger partial charge in [-0.3, -0.25) is 0 Å². The second-order valence-electron chi connectivity index (χ2n) is 5.15. The predicted molar refractivity (Wildman–Crippen MR) is 79.6 cm³/mol. The van der Waals surface area contributed by atoms with Gasteiger partial charge >= 0.3 is 0 Å². The van der Waals surface area contributed by atoms with Gasteiger partial charge in [0, 0.05) is 16.1 Å². The van der Waals surface area contributed by atoms with Crippen molar-refractivity contribution in [2.45, 2.75) is 45.1 Å². The third-order valence-electron chi connectivity index (χ3n) is 3.88. The minimum atomic E-state index is 0.536. The van der Waals surface area contributed by atoms with Gasteiger partial charge in [-0.1, -0.05) is 43.0 Å². The maximum Gasteiger partial charge on any atom is 0.0439 e. The summed E-state index contributed by atoms with van der Waals surface area (Å²) in [5.41, 5.74) is 1.17. The molecule has 1 aromatic carbocycles. The lowest BCUT2D eigenvalue weighted by Crippen LogP contribution is -2.37.